The van der Waals surface area contributed by atoms with E-state index in [1.54, 1.807) is 7.05 Å². The summed E-state index contributed by atoms with van der Waals surface area (Å²) < 4.78 is 40.8. The van der Waals surface area contributed by atoms with Crippen molar-refractivity contribution in [2.45, 2.75) is 29.9 Å². The highest BCUT2D eigenvalue weighted by atomic mass is 35.5. The Morgan fingerprint density at radius 3 is 1.81 bits per heavy atom. The van der Waals surface area contributed by atoms with E-state index in [4.69, 9.17) is 23.2 Å². The lowest BCUT2D eigenvalue weighted by molar-refractivity contribution is -0.00103. The predicted molar refractivity (Wildman–Crippen MR) is 126 cm³/mol. The third-order valence-corrected chi connectivity index (χ3v) is 8.54. The van der Waals surface area contributed by atoms with Gasteiger partial charge in [0.25, 0.3) is 0 Å². The Labute approximate surface area is 198 Å². The van der Waals surface area contributed by atoms with Crippen molar-refractivity contribution in [3.05, 3.63) is 99.8 Å². The Morgan fingerprint density at radius 1 is 0.906 bits per heavy atom. The molecule has 0 N–H and O–H groups in total. The summed E-state index contributed by atoms with van der Waals surface area (Å²) in [5.41, 5.74) is 2.12. The lowest BCUT2D eigenvalue weighted by atomic mass is 9.88. The maximum Gasteiger partial charge on any atom is 0.243 e. The summed E-state index contributed by atoms with van der Waals surface area (Å²) in [7, 11) is -2.15. The van der Waals surface area contributed by atoms with Crippen molar-refractivity contribution in [1.82, 2.24) is 9.21 Å². The molecule has 1 heterocycles. The minimum Gasteiger partial charge on any atom is -0.286 e. The number of nitrogens with zero attached hydrogens (tertiary/aromatic N) is 2. The molecule has 1 aliphatic heterocycles. The van der Waals surface area contributed by atoms with Crippen LogP contribution in [0.3, 0.4) is 0 Å². The zero-order valence-electron chi connectivity index (χ0n) is 17.6. The first kappa shape index (κ1) is 23.2. The molecule has 32 heavy (non-hydrogen) atoms. The number of likely N-dealkylation sites (tertiary alicyclic amines) is 1. The Kier molecular flexibility index (Phi) is 6.61. The second-order valence-electron chi connectivity index (χ2n) is 7.99. The van der Waals surface area contributed by atoms with E-state index in [0.717, 1.165) is 23.3 Å². The molecule has 0 spiro atoms. The molecule has 0 unspecified atom stereocenters. The molecule has 0 saturated carbocycles. The fourth-order valence-electron chi connectivity index (χ4n) is 4.19. The molecule has 0 amide bonds. The van der Waals surface area contributed by atoms with Crippen molar-refractivity contribution in [2.24, 2.45) is 0 Å². The molecule has 0 radical (unpaired) electrons. The van der Waals surface area contributed by atoms with Crippen LogP contribution in [0.2, 0.25) is 10.0 Å². The molecule has 0 aromatic heterocycles. The number of hydrogen-bond donors (Lipinski definition) is 0. The Balaban J connectivity index is 1.60. The molecule has 0 aliphatic carbocycles. The maximum absolute atomic E-state index is 13.3. The zero-order valence-corrected chi connectivity index (χ0v) is 19.9. The van der Waals surface area contributed by atoms with E-state index in [1.165, 1.54) is 16.4 Å². The van der Waals surface area contributed by atoms with Crippen LogP contribution >= 0.6 is 23.2 Å². The number of likely N-dealkylation sites (N-methyl/N-ethyl adjacent to an activating group) is 1. The summed E-state index contributed by atoms with van der Waals surface area (Å²) in [6.07, 6.45) is 0. The molecule has 0 bridgehead atoms. The van der Waals surface area contributed by atoms with Crippen molar-refractivity contribution in [3.63, 3.8) is 0 Å². The van der Waals surface area contributed by atoms with Crippen molar-refractivity contribution in [2.75, 3.05) is 13.6 Å². The third kappa shape index (κ3) is 4.43. The minimum atomic E-state index is -3.73. The lowest BCUT2D eigenvalue weighted by Gasteiger charge is -2.53. The Morgan fingerprint density at radius 2 is 1.38 bits per heavy atom. The van der Waals surface area contributed by atoms with Gasteiger partial charge in [-0.05, 0) is 66.6 Å². The second kappa shape index (κ2) is 9.12. The highest BCUT2D eigenvalue weighted by molar-refractivity contribution is 7.89. The van der Waals surface area contributed by atoms with Crippen LogP contribution in [0.1, 0.15) is 24.1 Å². The Hall–Kier alpha value is -1.96. The van der Waals surface area contributed by atoms with Gasteiger partial charge in [-0.25, -0.2) is 12.8 Å². The number of rotatable bonds is 6. The molecule has 3 aromatic rings. The van der Waals surface area contributed by atoms with Crippen LogP contribution in [0.4, 0.5) is 4.39 Å². The highest BCUT2D eigenvalue weighted by Crippen LogP contribution is 2.39. The summed E-state index contributed by atoms with van der Waals surface area (Å²) in [4.78, 5) is 2.34. The van der Waals surface area contributed by atoms with Crippen LogP contribution in [0, 0.1) is 5.82 Å². The average Bonchev–Trinajstić information content (AvgIpc) is 2.77. The number of hydrogen-bond acceptors (Lipinski definition) is 3. The SMILES string of the molecule is C[C@@H]1[C@H](N(C)S(=O)(=O)c2ccc(F)cc2)CN1C(c1ccc(Cl)cc1)c1ccc(Cl)cc1. The monoisotopic (exact) mass is 492 g/mol. The first-order valence-electron chi connectivity index (χ1n) is 10.2. The molecule has 4 nitrogen and oxygen atoms in total. The average molecular weight is 493 g/mol. The summed E-state index contributed by atoms with van der Waals surface area (Å²) in [6, 6.07) is 19.9. The number of benzene rings is 3. The first-order valence-corrected chi connectivity index (χ1v) is 12.4. The summed E-state index contributed by atoms with van der Waals surface area (Å²) in [5.74, 6) is -0.469. The van der Waals surface area contributed by atoms with E-state index in [1.807, 2.05) is 55.5 Å². The second-order valence-corrected chi connectivity index (χ2v) is 10.9. The molecule has 2 atom stereocenters. The smallest absolute Gasteiger partial charge is 0.243 e. The summed E-state index contributed by atoms with van der Waals surface area (Å²) >= 11 is 12.2. The van der Waals surface area contributed by atoms with Gasteiger partial charge in [0.15, 0.2) is 0 Å². The topological polar surface area (TPSA) is 40.6 Å². The third-order valence-electron chi connectivity index (χ3n) is 6.14. The van der Waals surface area contributed by atoms with Gasteiger partial charge in [-0.1, -0.05) is 47.5 Å². The molecule has 8 heteroatoms. The molecular formula is C24H23Cl2FN2O2S. The molecule has 1 aliphatic rings. The predicted octanol–water partition coefficient (Wildman–Crippen LogP) is 5.62. The van der Waals surface area contributed by atoms with E-state index in [2.05, 4.69) is 4.90 Å². The minimum absolute atomic E-state index is 0.0495. The van der Waals surface area contributed by atoms with E-state index in [0.29, 0.717) is 16.6 Å². The molecule has 1 saturated heterocycles. The van der Waals surface area contributed by atoms with Crippen LogP contribution < -0.4 is 0 Å². The van der Waals surface area contributed by atoms with Gasteiger partial charge in [-0.2, -0.15) is 4.31 Å². The standard InChI is InChI=1S/C24H23Cl2FN2O2S/c1-16-23(28(2)32(30,31)22-13-11-21(27)12-14-22)15-29(16)24(17-3-7-19(25)8-4-17)18-5-9-20(26)10-6-18/h3-14,16,23-24H,15H2,1-2H3/t16-,23-/m1/s1. The van der Waals surface area contributed by atoms with Crippen molar-refractivity contribution < 1.29 is 12.8 Å². The van der Waals surface area contributed by atoms with Gasteiger partial charge in [0.1, 0.15) is 5.82 Å². The van der Waals surface area contributed by atoms with Crippen molar-refractivity contribution in [3.8, 4) is 0 Å². The largest absolute Gasteiger partial charge is 0.286 e. The van der Waals surface area contributed by atoms with Crippen LogP contribution in [-0.2, 0) is 10.0 Å². The van der Waals surface area contributed by atoms with Crippen LogP contribution in [-0.4, -0.2) is 43.3 Å². The van der Waals surface area contributed by atoms with Gasteiger partial charge in [0, 0.05) is 29.7 Å². The van der Waals surface area contributed by atoms with E-state index in [-0.39, 0.29) is 23.0 Å². The normalized spacial score (nSPS) is 19.3. The van der Waals surface area contributed by atoms with Crippen LogP contribution in [0.5, 0.6) is 0 Å². The highest BCUT2D eigenvalue weighted by Gasteiger charge is 2.46. The van der Waals surface area contributed by atoms with E-state index >= 15 is 0 Å². The molecule has 4 rings (SSSR count). The van der Waals surface area contributed by atoms with Gasteiger partial charge in [-0.3, -0.25) is 4.90 Å². The maximum atomic E-state index is 13.3. The van der Waals surface area contributed by atoms with Gasteiger partial charge in [-0.15, -0.1) is 0 Å². The fourth-order valence-corrected chi connectivity index (χ4v) is 5.86. The van der Waals surface area contributed by atoms with Gasteiger partial charge in [0.2, 0.25) is 10.0 Å². The van der Waals surface area contributed by atoms with Crippen LogP contribution in [0.25, 0.3) is 0 Å². The number of sulfonamides is 1. The van der Waals surface area contributed by atoms with Gasteiger partial charge in [0.05, 0.1) is 17.0 Å². The van der Waals surface area contributed by atoms with Crippen molar-refractivity contribution >= 4 is 33.2 Å². The molecule has 1 fully saturated rings. The van der Waals surface area contributed by atoms with Gasteiger partial charge >= 0.3 is 0 Å². The van der Waals surface area contributed by atoms with E-state index in [9.17, 15) is 12.8 Å². The van der Waals surface area contributed by atoms with Crippen molar-refractivity contribution in [1.29, 1.82) is 0 Å². The number of halogens is 3. The summed E-state index contributed by atoms with van der Waals surface area (Å²) in [5, 5.41) is 1.31. The molecule has 168 valence electrons. The fraction of sp³-hybridized carbons (Fsp3) is 0.250. The van der Waals surface area contributed by atoms with Gasteiger partial charge < -0.3 is 0 Å². The Bertz CT molecular complexity index is 1140. The first-order chi connectivity index (χ1) is 15.2. The lowest BCUT2D eigenvalue weighted by Crippen LogP contribution is -2.66. The molecule has 3 aromatic carbocycles. The zero-order chi connectivity index (χ0) is 23.0. The van der Waals surface area contributed by atoms with Crippen LogP contribution in [0.15, 0.2) is 77.7 Å². The van der Waals surface area contributed by atoms with E-state index < -0.39 is 15.8 Å². The molecular weight excluding hydrogens is 470 g/mol. The summed E-state index contributed by atoms with van der Waals surface area (Å²) in [6.45, 7) is 2.57. The quantitative estimate of drug-likeness (QED) is 0.448.